The van der Waals surface area contributed by atoms with Gasteiger partial charge in [0.05, 0.1) is 11.6 Å². The molecule has 2 rings (SSSR count). The molecule has 1 aromatic carbocycles. The van der Waals surface area contributed by atoms with E-state index >= 15 is 0 Å². The molecule has 0 saturated carbocycles. The minimum absolute atomic E-state index is 0.0888. The molecule has 1 fully saturated rings. The second-order valence-electron chi connectivity index (χ2n) is 4.92. The second kappa shape index (κ2) is 6.39. The maximum Gasteiger partial charge on any atom is 0.227 e. The molecule has 5 heteroatoms. The summed E-state index contributed by atoms with van der Waals surface area (Å²) in [4.78, 5) is 12.2. The van der Waals surface area contributed by atoms with E-state index in [1.54, 1.807) is 7.11 Å². The third-order valence-corrected chi connectivity index (χ3v) is 4.07. The largest absolute Gasteiger partial charge is 0.495 e. The smallest absolute Gasteiger partial charge is 0.227 e. The summed E-state index contributed by atoms with van der Waals surface area (Å²) in [6.45, 7) is 3.02. The van der Waals surface area contributed by atoms with Gasteiger partial charge in [0.25, 0.3) is 0 Å². The molecule has 104 valence electrons. The Morgan fingerprint density at radius 1 is 1.53 bits per heavy atom. The highest BCUT2D eigenvalue weighted by molar-refractivity contribution is 9.10. The van der Waals surface area contributed by atoms with Crippen LogP contribution >= 0.6 is 15.9 Å². The maximum absolute atomic E-state index is 12.2. The molecule has 0 bridgehead atoms. The van der Waals surface area contributed by atoms with Crippen LogP contribution in [-0.4, -0.2) is 25.6 Å². The highest BCUT2D eigenvalue weighted by Crippen LogP contribution is 2.28. The highest BCUT2D eigenvalue weighted by atomic mass is 79.9. The van der Waals surface area contributed by atoms with Crippen LogP contribution in [0.25, 0.3) is 0 Å². The third kappa shape index (κ3) is 3.70. The van der Waals surface area contributed by atoms with Gasteiger partial charge in [-0.2, -0.15) is 0 Å². The molecule has 1 aliphatic rings. The van der Waals surface area contributed by atoms with Gasteiger partial charge in [-0.05, 0) is 54.4 Å². The molecular weight excluding hydrogens is 308 g/mol. The normalized spacial score (nSPS) is 22.9. The molecule has 1 saturated heterocycles. The molecule has 0 aliphatic carbocycles. The van der Waals surface area contributed by atoms with Gasteiger partial charge >= 0.3 is 0 Å². The molecule has 1 aromatic rings. The Bertz CT molecular complexity index is 465. The van der Waals surface area contributed by atoms with Gasteiger partial charge in [-0.15, -0.1) is 0 Å². The van der Waals surface area contributed by atoms with Crippen molar-refractivity contribution in [3.8, 4) is 5.75 Å². The average Bonchev–Trinajstić information content (AvgIpc) is 2.41. The number of piperidine rings is 1. The molecule has 1 heterocycles. The van der Waals surface area contributed by atoms with E-state index in [0.29, 0.717) is 6.04 Å². The quantitative estimate of drug-likeness (QED) is 0.898. The van der Waals surface area contributed by atoms with Crippen LogP contribution in [0.4, 0.5) is 5.69 Å². The number of anilines is 1. The van der Waals surface area contributed by atoms with Crippen LogP contribution in [0.3, 0.4) is 0 Å². The number of amides is 1. The lowest BCUT2D eigenvalue weighted by molar-refractivity contribution is -0.120. The summed E-state index contributed by atoms with van der Waals surface area (Å²) in [6.07, 6.45) is 1.78. The third-order valence-electron chi connectivity index (χ3n) is 3.41. The first-order valence-electron chi connectivity index (χ1n) is 6.48. The summed E-state index contributed by atoms with van der Waals surface area (Å²) in [6, 6.07) is 5.98. The van der Waals surface area contributed by atoms with Crippen molar-refractivity contribution in [1.29, 1.82) is 0 Å². The monoisotopic (exact) mass is 326 g/mol. The van der Waals surface area contributed by atoms with Crippen LogP contribution < -0.4 is 15.4 Å². The highest BCUT2D eigenvalue weighted by Gasteiger charge is 2.24. The van der Waals surface area contributed by atoms with E-state index in [-0.39, 0.29) is 11.8 Å². The number of carbonyl (C=O) groups excluding carboxylic acids is 1. The molecule has 2 N–H and O–H groups in total. The van der Waals surface area contributed by atoms with E-state index in [1.165, 1.54) is 0 Å². The van der Waals surface area contributed by atoms with E-state index < -0.39 is 0 Å². The Morgan fingerprint density at radius 3 is 3.00 bits per heavy atom. The summed E-state index contributed by atoms with van der Waals surface area (Å²) in [5.74, 6) is 0.903. The Kier molecular flexibility index (Phi) is 4.82. The van der Waals surface area contributed by atoms with Crippen molar-refractivity contribution < 1.29 is 9.53 Å². The minimum Gasteiger partial charge on any atom is -0.495 e. The molecule has 19 heavy (non-hydrogen) atoms. The first-order valence-corrected chi connectivity index (χ1v) is 7.27. The van der Waals surface area contributed by atoms with Gasteiger partial charge in [-0.1, -0.05) is 0 Å². The van der Waals surface area contributed by atoms with E-state index in [1.807, 2.05) is 18.2 Å². The van der Waals surface area contributed by atoms with Gasteiger partial charge in [0.15, 0.2) is 0 Å². The predicted octanol–water partition coefficient (Wildman–Crippen LogP) is 2.78. The number of carbonyl (C=O) groups is 1. The van der Waals surface area contributed by atoms with Crippen LogP contribution in [0.2, 0.25) is 0 Å². The van der Waals surface area contributed by atoms with Crippen LogP contribution in [-0.2, 0) is 4.79 Å². The predicted molar refractivity (Wildman–Crippen MR) is 79.5 cm³/mol. The minimum atomic E-state index is 0.0888. The lowest BCUT2D eigenvalue weighted by Gasteiger charge is -2.27. The van der Waals surface area contributed by atoms with Crippen molar-refractivity contribution in [2.24, 2.45) is 5.92 Å². The first kappa shape index (κ1) is 14.3. The van der Waals surface area contributed by atoms with Gasteiger partial charge in [0.1, 0.15) is 5.75 Å². The molecule has 2 atom stereocenters. The van der Waals surface area contributed by atoms with Crippen molar-refractivity contribution in [1.82, 2.24) is 5.32 Å². The van der Waals surface area contributed by atoms with Gasteiger partial charge in [-0.25, -0.2) is 0 Å². The van der Waals surface area contributed by atoms with Gasteiger partial charge < -0.3 is 15.4 Å². The first-order chi connectivity index (χ1) is 9.10. The number of hydrogen-bond acceptors (Lipinski definition) is 3. The molecule has 0 aromatic heterocycles. The lowest BCUT2D eigenvalue weighted by atomic mass is 9.92. The molecular formula is C14H19BrN2O2. The molecule has 1 amide bonds. The molecule has 0 unspecified atom stereocenters. The number of hydrogen-bond donors (Lipinski definition) is 2. The van der Waals surface area contributed by atoms with E-state index in [9.17, 15) is 4.79 Å². The standard InChI is InChI=1S/C14H19BrN2O2/c1-9-7-10(5-6-16-9)14(18)17-11-3-4-12(15)13(8-11)19-2/h3-4,8-10,16H,5-7H2,1-2H3,(H,17,18)/t9-,10-/m0/s1. The van der Waals surface area contributed by atoms with Crippen LogP contribution in [0, 0.1) is 5.92 Å². The van der Waals surface area contributed by atoms with Crippen LogP contribution in [0.15, 0.2) is 22.7 Å². The number of benzene rings is 1. The number of nitrogens with one attached hydrogen (secondary N) is 2. The van der Waals surface area contributed by atoms with Crippen molar-refractivity contribution in [2.75, 3.05) is 19.0 Å². The Morgan fingerprint density at radius 2 is 2.32 bits per heavy atom. The van der Waals surface area contributed by atoms with E-state index in [2.05, 4.69) is 33.5 Å². The average molecular weight is 327 g/mol. The molecule has 0 spiro atoms. The van der Waals surface area contributed by atoms with Gasteiger partial charge in [0.2, 0.25) is 5.91 Å². The zero-order valence-corrected chi connectivity index (χ0v) is 12.8. The topological polar surface area (TPSA) is 50.4 Å². The van der Waals surface area contributed by atoms with Crippen molar-refractivity contribution in [3.63, 3.8) is 0 Å². The van der Waals surface area contributed by atoms with Crippen molar-refractivity contribution in [2.45, 2.75) is 25.8 Å². The second-order valence-corrected chi connectivity index (χ2v) is 5.77. The SMILES string of the molecule is COc1cc(NC(=O)[C@H]2CCN[C@@H](C)C2)ccc1Br. The number of ether oxygens (including phenoxy) is 1. The summed E-state index contributed by atoms with van der Waals surface area (Å²) in [7, 11) is 1.61. The van der Waals surface area contributed by atoms with E-state index in [4.69, 9.17) is 4.74 Å². The summed E-state index contributed by atoms with van der Waals surface area (Å²) in [5.41, 5.74) is 0.774. The van der Waals surface area contributed by atoms with Crippen molar-refractivity contribution >= 4 is 27.5 Å². The Labute approximate surface area is 122 Å². The van der Waals surface area contributed by atoms with Crippen LogP contribution in [0.5, 0.6) is 5.75 Å². The zero-order chi connectivity index (χ0) is 13.8. The molecule has 0 radical (unpaired) electrons. The fraction of sp³-hybridized carbons (Fsp3) is 0.500. The van der Waals surface area contributed by atoms with Crippen molar-refractivity contribution in [3.05, 3.63) is 22.7 Å². The number of methoxy groups -OCH3 is 1. The lowest BCUT2D eigenvalue weighted by Crippen LogP contribution is -2.40. The Hall–Kier alpha value is -1.07. The zero-order valence-electron chi connectivity index (χ0n) is 11.2. The fourth-order valence-electron chi connectivity index (χ4n) is 2.35. The Balaban J connectivity index is 2.02. The number of halogens is 1. The summed E-state index contributed by atoms with van der Waals surface area (Å²) >= 11 is 3.40. The van der Waals surface area contributed by atoms with Gasteiger partial charge in [-0.3, -0.25) is 4.79 Å². The fourth-order valence-corrected chi connectivity index (χ4v) is 2.76. The van der Waals surface area contributed by atoms with Gasteiger partial charge in [0, 0.05) is 23.7 Å². The maximum atomic E-state index is 12.2. The van der Waals surface area contributed by atoms with Crippen LogP contribution in [0.1, 0.15) is 19.8 Å². The number of rotatable bonds is 3. The molecule has 1 aliphatic heterocycles. The summed E-state index contributed by atoms with van der Waals surface area (Å²) < 4.78 is 6.10. The summed E-state index contributed by atoms with van der Waals surface area (Å²) in [5, 5.41) is 6.32. The molecule has 4 nitrogen and oxygen atoms in total. The van der Waals surface area contributed by atoms with E-state index in [0.717, 1.165) is 35.3 Å².